The van der Waals surface area contributed by atoms with E-state index < -0.39 is 29.4 Å². The molecule has 3 aromatic rings. The SMILES string of the molecule is Cc1c(N2CCC(Oc3ccc(C(F)(F)F)cc3)CC2)nn2c(=O)cc(C(F)F)nc2c1C. The highest BCUT2D eigenvalue weighted by atomic mass is 19.4. The van der Waals surface area contributed by atoms with Gasteiger partial charge in [0.2, 0.25) is 0 Å². The number of benzene rings is 1. The van der Waals surface area contributed by atoms with Gasteiger partial charge in [0.1, 0.15) is 17.5 Å². The van der Waals surface area contributed by atoms with E-state index in [4.69, 9.17) is 4.74 Å². The van der Waals surface area contributed by atoms with Crippen molar-refractivity contribution >= 4 is 11.5 Å². The normalized spacial score (nSPS) is 15.5. The molecule has 1 aliphatic heterocycles. The van der Waals surface area contributed by atoms with Crippen LogP contribution in [0.4, 0.5) is 27.8 Å². The maximum absolute atomic E-state index is 13.0. The Morgan fingerprint density at radius 2 is 1.70 bits per heavy atom. The molecule has 0 atom stereocenters. The Balaban J connectivity index is 1.50. The van der Waals surface area contributed by atoms with Crippen molar-refractivity contribution in [1.82, 2.24) is 14.6 Å². The van der Waals surface area contributed by atoms with Crippen molar-refractivity contribution in [3.63, 3.8) is 0 Å². The smallest absolute Gasteiger partial charge is 0.416 e. The molecule has 1 aromatic carbocycles. The number of hydrogen-bond donors (Lipinski definition) is 0. The third-order valence-electron chi connectivity index (χ3n) is 5.79. The maximum atomic E-state index is 13.0. The van der Waals surface area contributed by atoms with Crippen molar-refractivity contribution in [3.05, 3.63) is 63.1 Å². The number of alkyl halides is 5. The average Bonchev–Trinajstić information content (AvgIpc) is 2.77. The van der Waals surface area contributed by atoms with Crippen LogP contribution < -0.4 is 15.2 Å². The van der Waals surface area contributed by atoms with Gasteiger partial charge in [0.25, 0.3) is 12.0 Å². The first-order valence-electron chi connectivity index (χ1n) is 10.3. The molecule has 0 aliphatic carbocycles. The van der Waals surface area contributed by atoms with Crippen molar-refractivity contribution < 1.29 is 26.7 Å². The molecule has 176 valence electrons. The van der Waals surface area contributed by atoms with E-state index in [1.165, 1.54) is 12.1 Å². The van der Waals surface area contributed by atoms with Crippen molar-refractivity contribution in [2.45, 2.75) is 45.4 Å². The zero-order valence-corrected chi connectivity index (χ0v) is 17.9. The molecule has 0 radical (unpaired) electrons. The largest absolute Gasteiger partial charge is 0.490 e. The summed E-state index contributed by atoms with van der Waals surface area (Å²) >= 11 is 0. The van der Waals surface area contributed by atoms with Crippen LogP contribution in [0.3, 0.4) is 0 Å². The zero-order chi connectivity index (χ0) is 23.9. The second-order valence-electron chi connectivity index (χ2n) is 7.96. The molecule has 33 heavy (non-hydrogen) atoms. The molecular weight excluding hydrogens is 447 g/mol. The minimum absolute atomic E-state index is 0.0968. The van der Waals surface area contributed by atoms with Gasteiger partial charge in [-0.1, -0.05) is 0 Å². The second kappa shape index (κ2) is 8.60. The fourth-order valence-electron chi connectivity index (χ4n) is 3.85. The van der Waals surface area contributed by atoms with Gasteiger partial charge in [-0.3, -0.25) is 4.79 Å². The summed E-state index contributed by atoms with van der Waals surface area (Å²) in [6.45, 7) is 4.59. The third kappa shape index (κ3) is 4.62. The van der Waals surface area contributed by atoms with E-state index >= 15 is 0 Å². The molecule has 1 aliphatic rings. The zero-order valence-electron chi connectivity index (χ0n) is 17.9. The maximum Gasteiger partial charge on any atom is 0.416 e. The lowest BCUT2D eigenvalue weighted by molar-refractivity contribution is -0.137. The Hall–Kier alpha value is -3.24. The summed E-state index contributed by atoms with van der Waals surface area (Å²) in [7, 11) is 0. The predicted molar refractivity (Wildman–Crippen MR) is 111 cm³/mol. The fraction of sp³-hybridized carbons (Fsp3) is 0.409. The summed E-state index contributed by atoms with van der Waals surface area (Å²) in [5.74, 6) is 0.923. The highest BCUT2D eigenvalue weighted by molar-refractivity contribution is 5.59. The van der Waals surface area contributed by atoms with Gasteiger partial charge in [-0.25, -0.2) is 13.8 Å². The van der Waals surface area contributed by atoms with Crippen LogP contribution in [-0.2, 0) is 6.18 Å². The monoisotopic (exact) mass is 468 g/mol. The highest BCUT2D eigenvalue weighted by Gasteiger charge is 2.30. The molecule has 11 heteroatoms. The summed E-state index contributed by atoms with van der Waals surface area (Å²) in [6.07, 6.45) is -6.25. The number of rotatable bonds is 4. The summed E-state index contributed by atoms with van der Waals surface area (Å²) < 4.78 is 71.1. The van der Waals surface area contributed by atoms with E-state index in [9.17, 15) is 26.7 Å². The first kappa shape index (κ1) is 22.9. The minimum Gasteiger partial charge on any atom is -0.490 e. The lowest BCUT2D eigenvalue weighted by Crippen LogP contribution is -2.39. The molecule has 1 saturated heterocycles. The Morgan fingerprint density at radius 3 is 2.27 bits per heavy atom. The number of ether oxygens (including phenoxy) is 1. The van der Waals surface area contributed by atoms with Crippen LogP contribution in [0.15, 0.2) is 35.1 Å². The summed E-state index contributed by atoms with van der Waals surface area (Å²) in [5, 5.41) is 4.38. The molecule has 0 bridgehead atoms. The Labute approximate surface area is 185 Å². The summed E-state index contributed by atoms with van der Waals surface area (Å²) in [6, 6.07) is 5.37. The van der Waals surface area contributed by atoms with Gasteiger partial charge in [-0.15, -0.1) is 5.10 Å². The lowest BCUT2D eigenvalue weighted by atomic mass is 10.1. The van der Waals surface area contributed by atoms with Gasteiger partial charge in [-0.05, 0) is 38.1 Å². The first-order chi connectivity index (χ1) is 15.5. The Kier molecular flexibility index (Phi) is 5.98. The quantitative estimate of drug-likeness (QED) is 0.519. The van der Waals surface area contributed by atoms with E-state index in [-0.39, 0.29) is 11.8 Å². The van der Waals surface area contributed by atoms with Gasteiger partial charge in [0.15, 0.2) is 11.5 Å². The average molecular weight is 468 g/mol. The van der Waals surface area contributed by atoms with E-state index in [0.29, 0.717) is 43.1 Å². The number of anilines is 1. The van der Waals surface area contributed by atoms with Crippen molar-refractivity contribution in [2.75, 3.05) is 18.0 Å². The second-order valence-corrected chi connectivity index (χ2v) is 7.96. The predicted octanol–water partition coefficient (Wildman–Crippen LogP) is 4.71. The van der Waals surface area contributed by atoms with Crippen LogP contribution in [0.1, 0.15) is 41.7 Å². The lowest BCUT2D eigenvalue weighted by Gasteiger charge is -2.34. The Morgan fingerprint density at radius 1 is 1.06 bits per heavy atom. The van der Waals surface area contributed by atoms with Crippen LogP contribution in [0, 0.1) is 13.8 Å². The third-order valence-corrected chi connectivity index (χ3v) is 5.79. The van der Waals surface area contributed by atoms with Crippen LogP contribution in [0.2, 0.25) is 0 Å². The van der Waals surface area contributed by atoms with E-state index in [2.05, 4.69) is 10.1 Å². The highest BCUT2D eigenvalue weighted by Crippen LogP contribution is 2.31. The topological polar surface area (TPSA) is 59.7 Å². The molecule has 2 aromatic heterocycles. The number of halogens is 5. The van der Waals surface area contributed by atoms with Crippen LogP contribution >= 0.6 is 0 Å². The van der Waals surface area contributed by atoms with Gasteiger partial charge in [-0.2, -0.15) is 17.7 Å². The van der Waals surface area contributed by atoms with E-state index in [0.717, 1.165) is 28.3 Å². The molecule has 6 nitrogen and oxygen atoms in total. The molecule has 4 rings (SSSR count). The number of hydrogen-bond acceptors (Lipinski definition) is 5. The Bertz CT molecular complexity index is 1220. The van der Waals surface area contributed by atoms with Crippen LogP contribution in [0.5, 0.6) is 5.75 Å². The van der Waals surface area contributed by atoms with Crippen molar-refractivity contribution in [1.29, 1.82) is 0 Å². The fourth-order valence-corrected chi connectivity index (χ4v) is 3.85. The summed E-state index contributed by atoms with van der Waals surface area (Å²) in [5.41, 5.74) is -0.584. The first-order valence-corrected chi connectivity index (χ1v) is 10.3. The van der Waals surface area contributed by atoms with Crippen molar-refractivity contribution in [3.8, 4) is 5.75 Å². The molecule has 0 unspecified atom stereocenters. The van der Waals surface area contributed by atoms with Crippen LogP contribution in [-0.4, -0.2) is 33.8 Å². The van der Waals surface area contributed by atoms with Gasteiger partial charge >= 0.3 is 6.18 Å². The number of aromatic nitrogens is 3. The molecule has 0 N–H and O–H groups in total. The molecule has 0 spiro atoms. The molecule has 0 amide bonds. The van der Waals surface area contributed by atoms with E-state index in [1.807, 2.05) is 4.90 Å². The molecule has 3 heterocycles. The number of nitrogens with zero attached hydrogens (tertiary/aromatic N) is 4. The van der Waals surface area contributed by atoms with Crippen LogP contribution in [0.25, 0.3) is 5.65 Å². The van der Waals surface area contributed by atoms with Gasteiger partial charge in [0, 0.05) is 43.1 Å². The summed E-state index contributed by atoms with van der Waals surface area (Å²) in [4.78, 5) is 18.2. The standard InChI is InChI=1S/C22H21F5N4O2/c1-12-13(2)21(29-31-18(32)11-17(19(23)24)28-20(12)31)30-9-7-16(8-10-30)33-15-5-3-14(4-6-15)22(25,26)27/h3-6,11,16,19H,7-10H2,1-2H3. The van der Waals surface area contributed by atoms with Gasteiger partial charge < -0.3 is 9.64 Å². The number of aryl methyl sites for hydroxylation is 1. The van der Waals surface area contributed by atoms with Crippen molar-refractivity contribution in [2.24, 2.45) is 0 Å². The molecular formula is C22H21F5N4O2. The number of piperidine rings is 1. The number of fused-ring (bicyclic) bond motifs is 1. The van der Waals surface area contributed by atoms with E-state index in [1.54, 1.807) is 13.8 Å². The minimum atomic E-state index is -4.40. The molecule has 0 saturated carbocycles. The molecule has 1 fully saturated rings. The van der Waals surface area contributed by atoms with Gasteiger partial charge in [0.05, 0.1) is 5.56 Å².